The van der Waals surface area contributed by atoms with Gasteiger partial charge < -0.3 is 14.2 Å². The molecule has 2 aliphatic rings. The summed E-state index contributed by atoms with van der Waals surface area (Å²) in [7, 11) is 1.69. The highest BCUT2D eigenvalue weighted by molar-refractivity contribution is 5.70. The standard InChI is InChI=1S/C17H31NO4/c1-14(9-8-12-20-4)22-15(19)18-16(2,3)13-21-17(18)10-6-5-7-11-17/h14H,5-13H2,1-4H3. The Hall–Kier alpha value is -0.810. The second kappa shape index (κ2) is 7.18. The van der Waals surface area contributed by atoms with Crippen LogP contribution < -0.4 is 0 Å². The van der Waals surface area contributed by atoms with Crippen molar-refractivity contribution in [3.05, 3.63) is 0 Å². The molecule has 0 bridgehead atoms. The van der Waals surface area contributed by atoms with Gasteiger partial charge in [-0.25, -0.2) is 4.79 Å². The number of hydrogen-bond acceptors (Lipinski definition) is 4. The Bertz CT molecular complexity index is 377. The predicted octanol–water partition coefficient (Wildman–Crippen LogP) is 3.71. The fraction of sp³-hybridized carbons (Fsp3) is 0.941. The maximum atomic E-state index is 12.8. The Labute approximate surface area is 134 Å². The molecule has 2 fully saturated rings. The van der Waals surface area contributed by atoms with Crippen LogP contribution in [0.5, 0.6) is 0 Å². The van der Waals surface area contributed by atoms with Gasteiger partial charge in [-0.2, -0.15) is 0 Å². The monoisotopic (exact) mass is 313 g/mol. The van der Waals surface area contributed by atoms with Crippen molar-refractivity contribution < 1.29 is 19.0 Å². The van der Waals surface area contributed by atoms with Crippen LogP contribution in [-0.4, -0.2) is 48.7 Å². The topological polar surface area (TPSA) is 48.0 Å². The molecule has 2 rings (SSSR count). The van der Waals surface area contributed by atoms with Gasteiger partial charge in [0.2, 0.25) is 0 Å². The molecule has 1 atom stereocenters. The van der Waals surface area contributed by atoms with Crippen molar-refractivity contribution in [2.24, 2.45) is 0 Å². The van der Waals surface area contributed by atoms with Crippen LogP contribution in [0.2, 0.25) is 0 Å². The van der Waals surface area contributed by atoms with E-state index in [1.807, 2.05) is 11.8 Å². The second-order valence-electron chi connectivity index (χ2n) is 7.27. The SMILES string of the molecule is COCCCC(C)OC(=O)N1C(C)(C)COC12CCCCC2. The summed E-state index contributed by atoms with van der Waals surface area (Å²) in [4.78, 5) is 14.7. The third-order valence-corrected chi connectivity index (χ3v) is 4.79. The second-order valence-corrected chi connectivity index (χ2v) is 7.27. The quantitative estimate of drug-likeness (QED) is 0.726. The lowest BCUT2D eigenvalue weighted by atomic mass is 9.89. The Morgan fingerprint density at radius 1 is 1.27 bits per heavy atom. The Balaban J connectivity index is 2.01. The summed E-state index contributed by atoms with van der Waals surface area (Å²) < 4.78 is 16.9. The van der Waals surface area contributed by atoms with Gasteiger partial charge in [0.05, 0.1) is 12.1 Å². The van der Waals surface area contributed by atoms with E-state index in [2.05, 4.69) is 13.8 Å². The minimum Gasteiger partial charge on any atom is -0.446 e. The molecule has 1 heterocycles. The summed E-state index contributed by atoms with van der Waals surface area (Å²) in [5, 5.41) is 0. The number of carbonyl (C=O) groups is 1. The highest BCUT2D eigenvalue weighted by atomic mass is 16.6. The van der Waals surface area contributed by atoms with Crippen LogP contribution in [-0.2, 0) is 14.2 Å². The number of rotatable bonds is 5. The summed E-state index contributed by atoms with van der Waals surface area (Å²) in [5.41, 5.74) is -0.744. The van der Waals surface area contributed by atoms with Crippen molar-refractivity contribution in [1.29, 1.82) is 0 Å². The molecule has 1 saturated heterocycles. The lowest BCUT2D eigenvalue weighted by molar-refractivity contribution is -0.107. The number of nitrogens with zero attached hydrogens (tertiary/aromatic N) is 1. The molecular formula is C17H31NO4. The first-order chi connectivity index (χ1) is 10.4. The van der Waals surface area contributed by atoms with Gasteiger partial charge in [-0.1, -0.05) is 6.42 Å². The van der Waals surface area contributed by atoms with E-state index in [1.54, 1.807) is 7.11 Å². The minimum atomic E-state index is -0.439. The van der Waals surface area contributed by atoms with Crippen LogP contribution in [0.3, 0.4) is 0 Å². The van der Waals surface area contributed by atoms with Gasteiger partial charge in [0.25, 0.3) is 0 Å². The van der Waals surface area contributed by atoms with Crippen LogP contribution in [0.25, 0.3) is 0 Å². The Morgan fingerprint density at radius 2 is 1.95 bits per heavy atom. The van der Waals surface area contributed by atoms with Gasteiger partial charge in [-0.15, -0.1) is 0 Å². The Morgan fingerprint density at radius 3 is 2.59 bits per heavy atom. The lowest BCUT2D eigenvalue weighted by Gasteiger charge is -2.43. The zero-order valence-corrected chi connectivity index (χ0v) is 14.5. The molecule has 0 aromatic rings. The van der Waals surface area contributed by atoms with Crippen molar-refractivity contribution in [2.75, 3.05) is 20.3 Å². The first-order valence-corrected chi connectivity index (χ1v) is 8.55. The fourth-order valence-corrected chi connectivity index (χ4v) is 3.68. The van der Waals surface area contributed by atoms with Crippen LogP contribution in [0.1, 0.15) is 65.7 Å². The summed E-state index contributed by atoms with van der Waals surface area (Å²) >= 11 is 0. The van der Waals surface area contributed by atoms with Crippen LogP contribution in [0, 0.1) is 0 Å². The van der Waals surface area contributed by atoms with Gasteiger partial charge in [-0.3, -0.25) is 4.90 Å². The predicted molar refractivity (Wildman–Crippen MR) is 84.7 cm³/mol. The van der Waals surface area contributed by atoms with E-state index in [-0.39, 0.29) is 17.7 Å². The largest absolute Gasteiger partial charge is 0.446 e. The molecule has 0 radical (unpaired) electrons. The summed E-state index contributed by atoms with van der Waals surface area (Å²) in [6.45, 7) is 7.36. The highest BCUT2D eigenvalue weighted by Gasteiger charge is 2.55. The van der Waals surface area contributed by atoms with E-state index in [1.165, 1.54) is 6.42 Å². The molecule has 1 aliphatic heterocycles. The van der Waals surface area contributed by atoms with E-state index in [9.17, 15) is 4.79 Å². The zero-order valence-electron chi connectivity index (χ0n) is 14.5. The van der Waals surface area contributed by atoms with E-state index < -0.39 is 5.72 Å². The molecule has 128 valence electrons. The lowest BCUT2D eigenvalue weighted by Crippen LogP contribution is -2.56. The van der Waals surface area contributed by atoms with Crippen molar-refractivity contribution in [2.45, 2.75) is 83.1 Å². The van der Waals surface area contributed by atoms with E-state index in [4.69, 9.17) is 14.2 Å². The molecular weight excluding hydrogens is 282 g/mol. The summed E-state index contributed by atoms with van der Waals surface area (Å²) in [6.07, 6.45) is 6.69. The molecule has 22 heavy (non-hydrogen) atoms. The smallest absolute Gasteiger partial charge is 0.412 e. The van der Waals surface area contributed by atoms with Crippen molar-refractivity contribution in [1.82, 2.24) is 4.90 Å². The molecule has 5 nitrogen and oxygen atoms in total. The third kappa shape index (κ3) is 3.74. The number of carbonyl (C=O) groups excluding carboxylic acids is 1. The molecule has 5 heteroatoms. The summed E-state index contributed by atoms with van der Waals surface area (Å²) in [5.74, 6) is 0. The summed E-state index contributed by atoms with van der Waals surface area (Å²) in [6, 6.07) is 0. The van der Waals surface area contributed by atoms with E-state index >= 15 is 0 Å². The first kappa shape index (κ1) is 17.5. The highest BCUT2D eigenvalue weighted by Crippen LogP contribution is 2.44. The molecule has 1 aliphatic carbocycles. The third-order valence-electron chi connectivity index (χ3n) is 4.79. The van der Waals surface area contributed by atoms with Gasteiger partial charge >= 0.3 is 6.09 Å². The maximum absolute atomic E-state index is 12.8. The van der Waals surface area contributed by atoms with E-state index in [0.717, 1.165) is 38.5 Å². The first-order valence-electron chi connectivity index (χ1n) is 8.55. The average Bonchev–Trinajstić information content (AvgIpc) is 2.71. The van der Waals surface area contributed by atoms with Crippen LogP contribution in [0.4, 0.5) is 4.79 Å². The van der Waals surface area contributed by atoms with E-state index in [0.29, 0.717) is 13.2 Å². The molecule has 1 amide bonds. The van der Waals surface area contributed by atoms with Gasteiger partial charge in [-0.05, 0) is 59.3 Å². The molecule has 1 spiro atoms. The van der Waals surface area contributed by atoms with Crippen molar-refractivity contribution in [3.8, 4) is 0 Å². The van der Waals surface area contributed by atoms with Gasteiger partial charge in [0.1, 0.15) is 11.8 Å². The van der Waals surface area contributed by atoms with Crippen LogP contribution >= 0.6 is 0 Å². The maximum Gasteiger partial charge on any atom is 0.412 e. The number of hydrogen-bond donors (Lipinski definition) is 0. The minimum absolute atomic E-state index is 0.0975. The van der Waals surface area contributed by atoms with Gasteiger partial charge in [0.15, 0.2) is 0 Å². The van der Waals surface area contributed by atoms with Gasteiger partial charge in [0, 0.05) is 13.7 Å². The molecule has 0 N–H and O–H groups in total. The van der Waals surface area contributed by atoms with Crippen molar-refractivity contribution in [3.63, 3.8) is 0 Å². The number of methoxy groups -OCH3 is 1. The molecule has 0 aromatic carbocycles. The number of amides is 1. The Kier molecular flexibility index (Phi) is 5.72. The number of ether oxygens (including phenoxy) is 3. The fourth-order valence-electron chi connectivity index (χ4n) is 3.68. The normalized spacial score (nSPS) is 24.5. The average molecular weight is 313 g/mol. The zero-order chi connectivity index (χ0) is 16.2. The van der Waals surface area contributed by atoms with Crippen LogP contribution in [0.15, 0.2) is 0 Å². The van der Waals surface area contributed by atoms with Crippen molar-refractivity contribution >= 4 is 6.09 Å². The molecule has 0 aromatic heterocycles. The molecule has 1 unspecified atom stereocenters. The molecule has 1 saturated carbocycles.